The van der Waals surface area contributed by atoms with Gasteiger partial charge in [-0.1, -0.05) is 20.8 Å². The fraction of sp³-hybridized carbons (Fsp3) is 0.526. The zero-order chi connectivity index (χ0) is 17.4. The van der Waals surface area contributed by atoms with E-state index < -0.39 is 5.60 Å². The van der Waals surface area contributed by atoms with Gasteiger partial charge in [-0.05, 0) is 56.9 Å². The number of rotatable bonds is 3. The largest absolute Gasteiger partial charge is 0.496 e. The van der Waals surface area contributed by atoms with Crippen molar-refractivity contribution in [3.05, 3.63) is 29.5 Å². The Kier molecular flexibility index (Phi) is 4.73. The number of aryl methyl sites for hydroxylation is 1. The Bertz CT molecular complexity index is 720. The van der Waals surface area contributed by atoms with Crippen molar-refractivity contribution in [2.45, 2.75) is 59.5 Å². The minimum atomic E-state index is -0.522. The predicted molar refractivity (Wildman–Crippen MR) is 93.6 cm³/mol. The van der Waals surface area contributed by atoms with Gasteiger partial charge in [0.15, 0.2) is 0 Å². The highest BCUT2D eigenvalue weighted by Gasteiger charge is 2.23. The molecule has 4 nitrogen and oxygen atoms in total. The van der Waals surface area contributed by atoms with Gasteiger partial charge in [0.2, 0.25) is 0 Å². The van der Waals surface area contributed by atoms with Gasteiger partial charge in [-0.2, -0.15) is 0 Å². The second kappa shape index (κ2) is 6.26. The molecular formula is C19H27NO3. The highest BCUT2D eigenvalue weighted by Crippen LogP contribution is 2.33. The lowest BCUT2D eigenvalue weighted by Crippen LogP contribution is -2.27. The summed E-state index contributed by atoms with van der Waals surface area (Å²) < 4.78 is 12.8. The topological polar surface area (TPSA) is 40.5 Å². The number of ether oxygens (including phenoxy) is 2. The van der Waals surface area contributed by atoms with Crippen molar-refractivity contribution in [1.29, 1.82) is 0 Å². The van der Waals surface area contributed by atoms with Crippen LogP contribution in [0.3, 0.4) is 0 Å². The summed E-state index contributed by atoms with van der Waals surface area (Å²) in [5.41, 5.74) is 2.38. The fourth-order valence-electron chi connectivity index (χ4n) is 2.72. The number of benzene rings is 1. The van der Waals surface area contributed by atoms with Crippen LogP contribution in [0.25, 0.3) is 10.9 Å². The van der Waals surface area contributed by atoms with Gasteiger partial charge in [0.05, 0.1) is 12.6 Å². The maximum atomic E-state index is 12.7. The van der Waals surface area contributed by atoms with Crippen molar-refractivity contribution >= 4 is 17.0 Å². The van der Waals surface area contributed by atoms with Crippen LogP contribution in [0.1, 0.15) is 58.7 Å². The number of carbonyl (C=O) groups is 1. The van der Waals surface area contributed by atoms with Gasteiger partial charge >= 0.3 is 6.09 Å². The van der Waals surface area contributed by atoms with Crippen LogP contribution in [0, 0.1) is 0 Å². The number of fused-ring (bicyclic) bond motifs is 1. The second-order valence-corrected chi connectivity index (χ2v) is 7.11. The van der Waals surface area contributed by atoms with Crippen molar-refractivity contribution in [1.82, 2.24) is 4.57 Å². The van der Waals surface area contributed by atoms with E-state index in [0.717, 1.165) is 34.3 Å². The van der Waals surface area contributed by atoms with Crippen LogP contribution < -0.4 is 4.74 Å². The minimum Gasteiger partial charge on any atom is -0.496 e. The molecule has 0 aliphatic carbocycles. The van der Waals surface area contributed by atoms with Crippen LogP contribution in [0.4, 0.5) is 4.79 Å². The van der Waals surface area contributed by atoms with Gasteiger partial charge in [-0.25, -0.2) is 9.36 Å². The van der Waals surface area contributed by atoms with E-state index in [-0.39, 0.29) is 6.09 Å². The van der Waals surface area contributed by atoms with E-state index in [1.165, 1.54) is 0 Å². The van der Waals surface area contributed by atoms with Crippen LogP contribution in [-0.2, 0) is 11.2 Å². The van der Waals surface area contributed by atoms with Crippen molar-refractivity contribution < 1.29 is 14.3 Å². The first-order valence-electron chi connectivity index (χ1n) is 8.13. The standard InChI is InChI=1S/C19H27NO3/c1-8-14-9-13-10-17(22-7)15(12(2)3)11-16(13)20(14)18(21)23-19(4,5)6/h9-12H,8H2,1-7H3. The first-order valence-corrected chi connectivity index (χ1v) is 8.13. The lowest BCUT2D eigenvalue weighted by Gasteiger charge is -2.21. The Balaban J connectivity index is 2.67. The molecule has 0 saturated carbocycles. The van der Waals surface area contributed by atoms with Crippen LogP contribution in [0.2, 0.25) is 0 Å². The molecule has 126 valence electrons. The molecule has 0 unspecified atom stereocenters. The number of hydrogen-bond donors (Lipinski definition) is 0. The van der Waals surface area contributed by atoms with Gasteiger partial charge in [-0.3, -0.25) is 0 Å². The molecule has 0 spiro atoms. The third-order valence-corrected chi connectivity index (χ3v) is 3.79. The van der Waals surface area contributed by atoms with Gasteiger partial charge in [-0.15, -0.1) is 0 Å². The average Bonchev–Trinajstić information content (AvgIpc) is 2.81. The number of hydrogen-bond acceptors (Lipinski definition) is 3. The zero-order valence-corrected chi connectivity index (χ0v) is 15.2. The van der Waals surface area contributed by atoms with Gasteiger partial charge in [0, 0.05) is 11.1 Å². The maximum Gasteiger partial charge on any atom is 0.419 e. The molecule has 23 heavy (non-hydrogen) atoms. The summed E-state index contributed by atoms with van der Waals surface area (Å²) in [7, 11) is 1.68. The lowest BCUT2D eigenvalue weighted by atomic mass is 10.0. The average molecular weight is 317 g/mol. The highest BCUT2D eigenvalue weighted by molar-refractivity contribution is 5.92. The molecule has 0 bridgehead atoms. The molecule has 0 N–H and O–H groups in total. The van der Waals surface area contributed by atoms with Crippen molar-refractivity contribution in [3.8, 4) is 5.75 Å². The summed E-state index contributed by atoms with van der Waals surface area (Å²) in [6.07, 6.45) is 0.428. The van der Waals surface area contributed by atoms with E-state index in [4.69, 9.17) is 9.47 Å². The molecule has 0 atom stereocenters. The Hall–Kier alpha value is -1.97. The van der Waals surface area contributed by atoms with E-state index in [1.54, 1.807) is 11.7 Å². The molecule has 1 aromatic heterocycles. The molecule has 0 aliphatic rings. The molecule has 1 heterocycles. The molecule has 0 saturated heterocycles. The summed E-state index contributed by atoms with van der Waals surface area (Å²) >= 11 is 0. The highest BCUT2D eigenvalue weighted by atomic mass is 16.6. The molecule has 0 fully saturated rings. The SMILES string of the molecule is CCc1cc2cc(OC)c(C(C)C)cc2n1C(=O)OC(C)(C)C. The zero-order valence-electron chi connectivity index (χ0n) is 15.2. The number of nitrogens with zero attached hydrogens (tertiary/aromatic N) is 1. The quantitative estimate of drug-likeness (QED) is 0.789. The first-order chi connectivity index (χ1) is 10.7. The minimum absolute atomic E-state index is 0.307. The molecule has 1 aromatic carbocycles. The van der Waals surface area contributed by atoms with Gasteiger partial charge in [0.25, 0.3) is 0 Å². The van der Waals surface area contributed by atoms with Crippen molar-refractivity contribution in [3.63, 3.8) is 0 Å². The van der Waals surface area contributed by atoms with E-state index in [2.05, 4.69) is 13.8 Å². The third-order valence-electron chi connectivity index (χ3n) is 3.79. The molecule has 2 aromatic rings. The number of aromatic nitrogens is 1. The van der Waals surface area contributed by atoms with E-state index in [9.17, 15) is 4.79 Å². The van der Waals surface area contributed by atoms with Crippen LogP contribution in [0.5, 0.6) is 5.75 Å². The third kappa shape index (κ3) is 3.52. The molecule has 0 radical (unpaired) electrons. The Labute approximate surface area is 138 Å². The fourth-order valence-corrected chi connectivity index (χ4v) is 2.72. The molecule has 0 amide bonds. The van der Waals surface area contributed by atoms with E-state index in [1.807, 2.05) is 45.9 Å². The predicted octanol–water partition coefficient (Wildman–Crippen LogP) is 5.12. The molecule has 0 aliphatic heterocycles. The van der Waals surface area contributed by atoms with Crippen molar-refractivity contribution in [2.24, 2.45) is 0 Å². The van der Waals surface area contributed by atoms with Crippen LogP contribution in [-0.4, -0.2) is 23.4 Å². The van der Waals surface area contributed by atoms with E-state index in [0.29, 0.717) is 5.92 Å². The van der Waals surface area contributed by atoms with Gasteiger partial charge < -0.3 is 9.47 Å². The summed E-state index contributed by atoms with van der Waals surface area (Å²) in [4.78, 5) is 12.7. The first kappa shape index (κ1) is 17.4. The summed E-state index contributed by atoms with van der Waals surface area (Å²) in [5, 5.41) is 0.994. The van der Waals surface area contributed by atoms with Crippen molar-refractivity contribution in [2.75, 3.05) is 7.11 Å². The smallest absolute Gasteiger partial charge is 0.419 e. The number of carbonyl (C=O) groups excluding carboxylic acids is 1. The van der Waals surface area contributed by atoms with E-state index >= 15 is 0 Å². The Morgan fingerprint density at radius 2 is 1.87 bits per heavy atom. The maximum absolute atomic E-state index is 12.7. The summed E-state index contributed by atoms with van der Waals surface area (Å²) in [6.45, 7) is 11.9. The summed E-state index contributed by atoms with van der Waals surface area (Å²) in [5.74, 6) is 1.16. The molecule has 4 heteroatoms. The normalized spacial score (nSPS) is 12.0. The lowest BCUT2D eigenvalue weighted by molar-refractivity contribution is 0.0540. The summed E-state index contributed by atoms with van der Waals surface area (Å²) in [6, 6.07) is 6.08. The number of methoxy groups -OCH3 is 1. The van der Waals surface area contributed by atoms with Gasteiger partial charge in [0.1, 0.15) is 11.4 Å². The van der Waals surface area contributed by atoms with Crippen LogP contribution in [0.15, 0.2) is 18.2 Å². The monoisotopic (exact) mass is 317 g/mol. The molecule has 2 rings (SSSR count). The Morgan fingerprint density at radius 1 is 1.22 bits per heavy atom. The molecular weight excluding hydrogens is 290 g/mol. The second-order valence-electron chi connectivity index (χ2n) is 7.11. The van der Waals surface area contributed by atoms with Crippen LogP contribution >= 0.6 is 0 Å². The Morgan fingerprint density at radius 3 is 2.35 bits per heavy atom.